The standard InChI is InChI=1S/C28H41NO4S2/c1-7-9-23(22-11-13-25(31-4)27(19-22)33-6)20-29(28(2)34-16-8-17-35-28)15-14-21-10-12-24(30-3)26(18-21)32-5/h10-13,18-19,23H,7-9,14-17,20H2,1-6H3. The third-order valence-electron chi connectivity index (χ3n) is 6.68. The second-order valence-electron chi connectivity index (χ2n) is 8.93. The number of nitrogens with zero attached hydrogens (tertiary/aromatic N) is 1. The van der Waals surface area contributed by atoms with Crippen LogP contribution < -0.4 is 18.9 Å². The average molecular weight is 520 g/mol. The predicted molar refractivity (Wildman–Crippen MR) is 150 cm³/mol. The minimum Gasteiger partial charge on any atom is -0.493 e. The third kappa shape index (κ3) is 7.17. The van der Waals surface area contributed by atoms with Gasteiger partial charge in [0.2, 0.25) is 0 Å². The van der Waals surface area contributed by atoms with Crippen LogP contribution in [0.3, 0.4) is 0 Å². The van der Waals surface area contributed by atoms with E-state index >= 15 is 0 Å². The molecule has 194 valence electrons. The summed E-state index contributed by atoms with van der Waals surface area (Å²) in [6.07, 6.45) is 4.51. The Bertz CT molecular complexity index is 933. The summed E-state index contributed by atoms with van der Waals surface area (Å²) in [7, 11) is 6.78. The molecule has 0 aliphatic carbocycles. The van der Waals surface area contributed by atoms with E-state index in [1.54, 1.807) is 28.4 Å². The monoisotopic (exact) mass is 519 g/mol. The van der Waals surface area contributed by atoms with Crippen LogP contribution in [0.2, 0.25) is 0 Å². The molecule has 0 spiro atoms. The molecule has 0 N–H and O–H groups in total. The third-order valence-corrected chi connectivity index (χ3v) is 9.96. The van der Waals surface area contributed by atoms with Gasteiger partial charge in [0, 0.05) is 13.1 Å². The van der Waals surface area contributed by atoms with Crippen molar-refractivity contribution < 1.29 is 18.9 Å². The second-order valence-corrected chi connectivity index (χ2v) is 12.2. The van der Waals surface area contributed by atoms with Crippen LogP contribution in [0.15, 0.2) is 36.4 Å². The summed E-state index contributed by atoms with van der Waals surface area (Å²) < 4.78 is 22.2. The molecule has 5 nitrogen and oxygen atoms in total. The van der Waals surface area contributed by atoms with Crippen LogP contribution in [0.4, 0.5) is 0 Å². The number of hydrogen-bond acceptors (Lipinski definition) is 7. The lowest BCUT2D eigenvalue weighted by atomic mass is 9.93. The van der Waals surface area contributed by atoms with Gasteiger partial charge in [-0.25, -0.2) is 0 Å². The molecule has 0 radical (unpaired) electrons. The number of ether oxygens (including phenoxy) is 4. The van der Waals surface area contributed by atoms with E-state index in [-0.39, 0.29) is 4.20 Å². The van der Waals surface area contributed by atoms with Crippen molar-refractivity contribution in [2.75, 3.05) is 53.0 Å². The van der Waals surface area contributed by atoms with Crippen molar-refractivity contribution in [3.8, 4) is 23.0 Å². The summed E-state index contributed by atoms with van der Waals surface area (Å²) in [4.78, 5) is 2.70. The topological polar surface area (TPSA) is 40.2 Å². The number of hydrogen-bond donors (Lipinski definition) is 0. The average Bonchev–Trinajstić information content (AvgIpc) is 2.90. The van der Waals surface area contributed by atoms with Crippen LogP contribution in [0, 0.1) is 0 Å². The zero-order valence-corrected chi connectivity index (χ0v) is 23.7. The van der Waals surface area contributed by atoms with Crippen molar-refractivity contribution in [1.82, 2.24) is 4.90 Å². The SMILES string of the molecule is CCCC(CN(CCc1ccc(OC)c(OC)c1)C1(C)SCCCS1)c1ccc(OC)c(OC)c1. The maximum Gasteiger partial charge on any atom is 0.160 e. The van der Waals surface area contributed by atoms with Crippen molar-refractivity contribution in [3.63, 3.8) is 0 Å². The van der Waals surface area contributed by atoms with E-state index in [1.165, 1.54) is 29.1 Å². The summed E-state index contributed by atoms with van der Waals surface area (Å²) in [6, 6.07) is 12.7. The summed E-state index contributed by atoms with van der Waals surface area (Å²) in [5.74, 6) is 5.99. The van der Waals surface area contributed by atoms with Crippen LogP contribution in [-0.2, 0) is 6.42 Å². The van der Waals surface area contributed by atoms with Crippen LogP contribution in [0.1, 0.15) is 50.2 Å². The Morgan fingerprint density at radius 1 is 0.857 bits per heavy atom. The Kier molecular flexibility index (Phi) is 10.8. The first-order chi connectivity index (χ1) is 17.0. The minimum absolute atomic E-state index is 0.0668. The van der Waals surface area contributed by atoms with Gasteiger partial charge >= 0.3 is 0 Å². The molecular weight excluding hydrogens is 478 g/mol. The number of benzene rings is 2. The van der Waals surface area contributed by atoms with Crippen molar-refractivity contribution in [2.24, 2.45) is 0 Å². The van der Waals surface area contributed by atoms with Gasteiger partial charge in [-0.15, -0.1) is 23.5 Å². The molecule has 3 rings (SSSR count). The highest BCUT2D eigenvalue weighted by atomic mass is 32.2. The molecule has 1 heterocycles. The van der Waals surface area contributed by atoms with Gasteiger partial charge in [-0.2, -0.15) is 0 Å². The first-order valence-corrected chi connectivity index (χ1v) is 14.4. The molecule has 1 aliphatic rings. The fourth-order valence-corrected chi connectivity index (χ4v) is 7.70. The Labute approximate surface area is 220 Å². The fraction of sp³-hybridized carbons (Fsp3) is 0.571. The molecule has 7 heteroatoms. The molecule has 1 aliphatic heterocycles. The second kappa shape index (κ2) is 13.6. The summed E-state index contributed by atoms with van der Waals surface area (Å²) >= 11 is 4.18. The molecule has 0 amide bonds. The van der Waals surface area contributed by atoms with E-state index in [1.807, 2.05) is 12.1 Å². The zero-order chi connectivity index (χ0) is 25.3. The van der Waals surface area contributed by atoms with Gasteiger partial charge in [-0.1, -0.05) is 25.5 Å². The lowest BCUT2D eigenvalue weighted by Gasteiger charge is -2.44. The smallest absolute Gasteiger partial charge is 0.160 e. The lowest BCUT2D eigenvalue weighted by Crippen LogP contribution is -2.46. The van der Waals surface area contributed by atoms with Gasteiger partial charge in [0.1, 0.15) is 4.20 Å². The quantitative estimate of drug-likeness (QED) is 0.292. The van der Waals surface area contributed by atoms with E-state index in [2.05, 4.69) is 66.5 Å². The van der Waals surface area contributed by atoms with Crippen molar-refractivity contribution in [1.29, 1.82) is 0 Å². The van der Waals surface area contributed by atoms with Crippen LogP contribution in [0.5, 0.6) is 23.0 Å². The number of thioether (sulfide) groups is 2. The molecule has 0 aromatic heterocycles. The molecular formula is C28H41NO4S2. The van der Waals surface area contributed by atoms with Gasteiger partial charge in [0.15, 0.2) is 23.0 Å². The number of methoxy groups -OCH3 is 4. The molecule has 35 heavy (non-hydrogen) atoms. The van der Waals surface area contributed by atoms with Gasteiger partial charge in [0.25, 0.3) is 0 Å². The van der Waals surface area contributed by atoms with Crippen LogP contribution >= 0.6 is 23.5 Å². The Balaban J connectivity index is 1.85. The normalized spacial score (nSPS) is 16.1. The Morgan fingerprint density at radius 3 is 2.06 bits per heavy atom. The highest BCUT2D eigenvalue weighted by Gasteiger charge is 2.36. The zero-order valence-electron chi connectivity index (χ0n) is 22.1. The molecule has 1 atom stereocenters. The van der Waals surface area contributed by atoms with E-state index in [0.29, 0.717) is 5.92 Å². The van der Waals surface area contributed by atoms with Gasteiger partial charge < -0.3 is 18.9 Å². The van der Waals surface area contributed by atoms with E-state index in [0.717, 1.165) is 55.4 Å². The Hall–Kier alpha value is -1.70. The summed E-state index contributed by atoms with van der Waals surface area (Å²) in [5, 5.41) is 0. The molecule has 1 unspecified atom stereocenters. The van der Waals surface area contributed by atoms with Gasteiger partial charge in [0.05, 0.1) is 28.4 Å². The number of rotatable bonds is 13. The Morgan fingerprint density at radius 2 is 1.46 bits per heavy atom. The molecule has 0 bridgehead atoms. The summed E-state index contributed by atoms with van der Waals surface area (Å²) in [5.41, 5.74) is 2.58. The first kappa shape index (κ1) is 27.9. The van der Waals surface area contributed by atoms with Gasteiger partial charge in [-0.05, 0) is 79.0 Å². The van der Waals surface area contributed by atoms with E-state index < -0.39 is 0 Å². The molecule has 1 saturated heterocycles. The summed E-state index contributed by atoms with van der Waals surface area (Å²) in [6.45, 7) is 6.67. The largest absolute Gasteiger partial charge is 0.493 e. The first-order valence-electron chi connectivity index (χ1n) is 12.4. The highest BCUT2D eigenvalue weighted by Crippen LogP contribution is 2.46. The molecule has 1 fully saturated rings. The van der Waals surface area contributed by atoms with Crippen LogP contribution in [0.25, 0.3) is 0 Å². The highest BCUT2D eigenvalue weighted by molar-refractivity contribution is 8.18. The minimum atomic E-state index is 0.0668. The maximum atomic E-state index is 5.62. The molecule has 0 saturated carbocycles. The fourth-order valence-electron chi connectivity index (χ4n) is 4.65. The predicted octanol–water partition coefficient (Wildman–Crippen LogP) is 6.69. The van der Waals surface area contributed by atoms with Crippen molar-refractivity contribution in [2.45, 2.75) is 49.7 Å². The van der Waals surface area contributed by atoms with E-state index in [4.69, 9.17) is 18.9 Å². The van der Waals surface area contributed by atoms with Crippen LogP contribution in [-0.4, -0.2) is 62.1 Å². The molecule has 2 aromatic rings. The van der Waals surface area contributed by atoms with E-state index in [9.17, 15) is 0 Å². The lowest BCUT2D eigenvalue weighted by molar-refractivity contribution is 0.227. The molecule has 2 aromatic carbocycles. The van der Waals surface area contributed by atoms with Crippen molar-refractivity contribution in [3.05, 3.63) is 47.5 Å². The van der Waals surface area contributed by atoms with Gasteiger partial charge in [-0.3, -0.25) is 4.90 Å². The van der Waals surface area contributed by atoms with Crippen molar-refractivity contribution >= 4 is 23.5 Å². The maximum absolute atomic E-state index is 5.62.